The number of rotatable bonds is 3. The van der Waals surface area contributed by atoms with Crippen molar-refractivity contribution in [2.75, 3.05) is 32.7 Å². The van der Waals surface area contributed by atoms with Crippen LogP contribution >= 0.6 is 0 Å². The van der Waals surface area contributed by atoms with Crippen LogP contribution in [0, 0.1) is 11.6 Å². The third-order valence-electron chi connectivity index (χ3n) is 4.24. The van der Waals surface area contributed by atoms with Crippen LogP contribution in [0.15, 0.2) is 18.2 Å². The molecule has 0 saturated carbocycles. The van der Waals surface area contributed by atoms with Crippen LogP contribution in [-0.4, -0.2) is 48.1 Å². The molecular formula is C16H25F2N3. The summed E-state index contributed by atoms with van der Waals surface area (Å²) >= 11 is 0. The van der Waals surface area contributed by atoms with Crippen molar-refractivity contribution in [1.82, 2.24) is 9.80 Å². The second kappa shape index (κ2) is 6.38. The van der Waals surface area contributed by atoms with Gasteiger partial charge in [0.1, 0.15) is 11.6 Å². The first-order valence-corrected chi connectivity index (χ1v) is 7.47. The SMILES string of the molecule is CC(C)(C)N1CCN(C(CN)c2cc(F)ccc2F)CC1. The third-order valence-corrected chi connectivity index (χ3v) is 4.24. The first kappa shape index (κ1) is 16.3. The topological polar surface area (TPSA) is 32.5 Å². The molecule has 1 saturated heterocycles. The lowest BCUT2D eigenvalue weighted by molar-refractivity contribution is 0.0425. The monoisotopic (exact) mass is 297 g/mol. The van der Waals surface area contributed by atoms with Crippen LogP contribution in [0.5, 0.6) is 0 Å². The summed E-state index contributed by atoms with van der Waals surface area (Å²) in [6.07, 6.45) is 0. The van der Waals surface area contributed by atoms with E-state index in [9.17, 15) is 8.78 Å². The van der Waals surface area contributed by atoms with Gasteiger partial charge in [-0.15, -0.1) is 0 Å². The molecule has 0 radical (unpaired) electrons. The molecule has 1 unspecified atom stereocenters. The molecule has 1 aliphatic heterocycles. The van der Waals surface area contributed by atoms with Gasteiger partial charge < -0.3 is 5.73 Å². The fraction of sp³-hybridized carbons (Fsp3) is 0.625. The minimum Gasteiger partial charge on any atom is -0.329 e. The molecule has 0 bridgehead atoms. The maximum Gasteiger partial charge on any atom is 0.128 e. The van der Waals surface area contributed by atoms with Gasteiger partial charge in [0.15, 0.2) is 0 Å². The highest BCUT2D eigenvalue weighted by atomic mass is 19.1. The van der Waals surface area contributed by atoms with Crippen LogP contribution in [0.1, 0.15) is 32.4 Å². The van der Waals surface area contributed by atoms with Crippen molar-refractivity contribution >= 4 is 0 Å². The first-order chi connectivity index (χ1) is 9.82. The van der Waals surface area contributed by atoms with E-state index in [1.807, 2.05) is 0 Å². The van der Waals surface area contributed by atoms with Crippen LogP contribution in [-0.2, 0) is 0 Å². The summed E-state index contributed by atoms with van der Waals surface area (Å²) < 4.78 is 27.4. The average molecular weight is 297 g/mol. The fourth-order valence-electron chi connectivity index (χ4n) is 2.95. The predicted molar refractivity (Wildman–Crippen MR) is 81.1 cm³/mol. The Morgan fingerprint density at radius 2 is 1.76 bits per heavy atom. The van der Waals surface area contributed by atoms with E-state index >= 15 is 0 Å². The van der Waals surface area contributed by atoms with E-state index in [2.05, 4.69) is 30.6 Å². The van der Waals surface area contributed by atoms with Crippen molar-refractivity contribution in [3.05, 3.63) is 35.4 Å². The van der Waals surface area contributed by atoms with Gasteiger partial charge in [0.25, 0.3) is 0 Å². The highest BCUT2D eigenvalue weighted by molar-refractivity contribution is 5.23. The van der Waals surface area contributed by atoms with Gasteiger partial charge in [0.05, 0.1) is 6.04 Å². The van der Waals surface area contributed by atoms with Crippen molar-refractivity contribution in [3.63, 3.8) is 0 Å². The molecule has 1 atom stereocenters. The molecule has 1 aromatic rings. The van der Waals surface area contributed by atoms with Crippen molar-refractivity contribution in [2.45, 2.75) is 32.4 Å². The lowest BCUT2D eigenvalue weighted by atomic mass is 10.0. The second-order valence-electron chi connectivity index (χ2n) is 6.61. The highest BCUT2D eigenvalue weighted by Crippen LogP contribution is 2.26. The third kappa shape index (κ3) is 3.78. The molecule has 0 aliphatic carbocycles. The quantitative estimate of drug-likeness (QED) is 0.930. The Kier molecular flexibility index (Phi) is 4.96. The van der Waals surface area contributed by atoms with E-state index < -0.39 is 5.82 Å². The lowest BCUT2D eigenvalue weighted by Crippen LogP contribution is -2.54. The molecule has 0 spiro atoms. The standard InChI is InChI=1S/C16H25F2N3/c1-16(2,3)21-8-6-20(7-9-21)15(11-19)13-10-12(17)4-5-14(13)18/h4-5,10,15H,6-9,11,19H2,1-3H3. The van der Waals surface area contributed by atoms with Crippen LogP contribution < -0.4 is 5.73 Å². The minimum absolute atomic E-state index is 0.133. The van der Waals surface area contributed by atoms with Crippen molar-refractivity contribution in [3.8, 4) is 0 Å². The molecule has 0 amide bonds. The Morgan fingerprint density at radius 3 is 2.29 bits per heavy atom. The number of hydrogen-bond donors (Lipinski definition) is 1. The van der Waals surface area contributed by atoms with E-state index in [1.165, 1.54) is 12.1 Å². The molecule has 1 aromatic carbocycles. The van der Waals surface area contributed by atoms with Gasteiger partial charge >= 0.3 is 0 Å². The summed E-state index contributed by atoms with van der Waals surface area (Å²) in [6, 6.07) is 3.33. The van der Waals surface area contributed by atoms with Gasteiger partial charge in [-0.2, -0.15) is 0 Å². The Bertz CT molecular complexity index is 477. The summed E-state index contributed by atoms with van der Waals surface area (Å²) in [6.45, 7) is 10.3. The molecule has 1 fully saturated rings. The molecule has 2 rings (SSSR count). The van der Waals surface area contributed by atoms with Crippen LogP contribution in [0.3, 0.4) is 0 Å². The maximum atomic E-state index is 14.0. The second-order valence-corrected chi connectivity index (χ2v) is 6.61. The fourth-order valence-corrected chi connectivity index (χ4v) is 2.95. The number of nitrogens with zero attached hydrogens (tertiary/aromatic N) is 2. The Morgan fingerprint density at radius 1 is 1.14 bits per heavy atom. The van der Waals surface area contributed by atoms with E-state index in [0.29, 0.717) is 5.56 Å². The zero-order valence-corrected chi connectivity index (χ0v) is 13.1. The molecule has 3 nitrogen and oxygen atoms in total. The average Bonchev–Trinajstić information content (AvgIpc) is 2.43. The van der Waals surface area contributed by atoms with Gasteiger partial charge in [-0.3, -0.25) is 9.80 Å². The number of piperazine rings is 1. The molecule has 0 aromatic heterocycles. The van der Waals surface area contributed by atoms with Crippen LogP contribution in [0.4, 0.5) is 8.78 Å². The molecule has 21 heavy (non-hydrogen) atoms. The van der Waals surface area contributed by atoms with Crippen molar-refractivity contribution < 1.29 is 8.78 Å². The van der Waals surface area contributed by atoms with Gasteiger partial charge in [0, 0.05) is 43.8 Å². The lowest BCUT2D eigenvalue weighted by Gasteiger charge is -2.44. The van der Waals surface area contributed by atoms with Crippen molar-refractivity contribution in [1.29, 1.82) is 0 Å². The normalized spacial score (nSPS) is 19.7. The summed E-state index contributed by atoms with van der Waals surface area (Å²) in [4.78, 5) is 4.55. The van der Waals surface area contributed by atoms with Gasteiger partial charge in [-0.1, -0.05) is 0 Å². The number of nitrogens with two attached hydrogens (primary N) is 1. The number of hydrogen-bond acceptors (Lipinski definition) is 3. The zero-order valence-electron chi connectivity index (χ0n) is 13.1. The highest BCUT2D eigenvalue weighted by Gasteiger charge is 2.30. The van der Waals surface area contributed by atoms with E-state index in [1.54, 1.807) is 0 Å². The molecule has 1 heterocycles. The van der Waals surface area contributed by atoms with E-state index in [4.69, 9.17) is 5.73 Å². The molecule has 1 aliphatic rings. The van der Waals surface area contributed by atoms with E-state index in [0.717, 1.165) is 32.2 Å². The minimum atomic E-state index is -0.418. The Hall–Kier alpha value is -1.04. The first-order valence-electron chi connectivity index (χ1n) is 7.47. The molecule has 2 N–H and O–H groups in total. The van der Waals surface area contributed by atoms with E-state index in [-0.39, 0.29) is 23.9 Å². The smallest absolute Gasteiger partial charge is 0.128 e. The van der Waals surface area contributed by atoms with Gasteiger partial charge in [-0.05, 0) is 39.0 Å². The Labute approximate surface area is 125 Å². The van der Waals surface area contributed by atoms with Gasteiger partial charge in [-0.25, -0.2) is 8.78 Å². The van der Waals surface area contributed by atoms with Crippen LogP contribution in [0.25, 0.3) is 0 Å². The van der Waals surface area contributed by atoms with Gasteiger partial charge in [0.2, 0.25) is 0 Å². The predicted octanol–water partition coefficient (Wildman–Crippen LogP) is 2.38. The molecular weight excluding hydrogens is 272 g/mol. The largest absolute Gasteiger partial charge is 0.329 e. The summed E-state index contributed by atoms with van der Waals surface area (Å²) in [5, 5.41) is 0. The maximum absolute atomic E-state index is 14.0. The summed E-state index contributed by atoms with van der Waals surface area (Å²) in [7, 11) is 0. The Balaban J connectivity index is 2.11. The van der Waals surface area contributed by atoms with Crippen LogP contribution in [0.2, 0.25) is 0 Å². The molecule has 5 heteroatoms. The number of halogens is 2. The van der Waals surface area contributed by atoms with Crippen molar-refractivity contribution in [2.24, 2.45) is 5.73 Å². The number of benzene rings is 1. The zero-order chi connectivity index (χ0) is 15.6. The summed E-state index contributed by atoms with van der Waals surface area (Å²) in [5.74, 6) is -0.803. The summed E-state index contributed by atoms with van der Waals surface area (Å²) in [5.41, 5.74) is 6.33. The molecule has 118 valence electrons.